The Hall–Kier alpha value is -0.940. The van der Waals surface area contributed by atoms with E-state index in [0.29, 0.717) is 13.2 Å². The highest BCUT2D eigenvalue weighted by Gasteiger charge is 2.54. The Balaban J connectivity index is 1.53. The molecule has 1 N–H and O–H groups in total. The van der Waals surface area contributed by atoms with Crippen molar-refractivity contribution in [2.75, 3.05) is 6.61 Å². The Morgan fingerprint density at radius 3 is 2.88 bits per heavy atom. The van der Waals surface area contributed by atoms with E-state index in [0.717, 1.165) is 5.56 Å². The minimum Gasteiger partial charge on any atom is -0.368 e. The van der Waals surface area contributed by atoms with Gasteiger partial charge >= 0.3 is 0 Å². The molecular formula is C12H14O4. The Bertz CT molecular complexity index is 353. The summed E-state index contributed by atoms with van der Waals surface area (Å²) in [5.41, 5.74) is 1.13. The predicted molar refractivity (Wildman–Crippen MR) is 55.6 cm³/mol. The zero-order valence-corrected chi connectivity index (χ0v) is 8.78. The number of rotatable bonds is 3. The van der Waals surface area contributed by atoms with E-state index in [1.165, 1.54) is 0 Å². The van der Waals surface area contributed by atoms with Crippen LogP contribution in [0.2, 0.25) is 0 Å². The maximum absolute atomic E-state index is 9.32. The summed E-state index contributed by atoms with van der Waals surface area (Å²) in [6, 6.07) is 9.98. The molecule has 1 aromatic rings. The molecular weight excluding hydrogens is 208 g/mol. The number of aliphatic hydroxyl groups excluding tert-OH is 1. The predicted octanol–water partition coefficient (Wildman–Crippen LogP) is 0.688. The third kappa shape index (κ3) is 1.97. The second kappa shape index (κ2) is 4.14. The van der Waals surface area contributed by atoms with Crippen molar-refractivity contribution in [3.05, 3.63) is 35.9 Å². The smallest absolute Gasteiger partial charge is 0.183 e. The van der Waals surface area contributed by atoms with Crippen LogP contribution in [0.5, 0.6) is 0 Å². The van der Waals surface area contributed by atoms with Crippen molar-refractivity contribution in [3.63, 3.8) is 0 Å². The molecule has 2 aliphatic rings. The van der Waals surface area contributed by atoms with Gasteiger partial charge in [0.15, 0.2) is 6.29 Å². The summed E-state index contributed by atoms with van der Waals surface area (Å²) < 4.78 is 16.1. The Morgan fingerprint density at radius 1 is 1.25 bits per heavy atom. The van der Waals surface area contributed by atoms with Gasteiger partial charge in [-0.2, -0.15) is 0 Å². The second-order valence-electron chi connectivity index (χ2n) is 4.12. The average molecular weight is 222 g/mol. The van der Waals surface area contributed by atoms with E-state index >= 15 is 0 Å². The van der Waals surface area contributed by atoms with Gasteiger partial charge in [0.05, 0.1) is 13.2 Å². The summed E-state index contributed by atoms with van der Waals surface area (Å²) in [7, 11) is 0. The van der Waals surface area contributed by atoms with Gasteiger partial charge in [0.2, 0.25) is 0 Å². The molecule has 2 fully saturated rings. The number of benzene rings is 1. The summed E-state index contributed by atoms with van der Waals surface area (Å²) in [5, 5.41) is 9.32. The fraction of sp³-hybridized carbons (Fsp3) is 0.500. The van der Waals surface area contributed by atoms with Crippen molar-refractivity contribution in [3.8, 4) is 0 Å². The van der Waals surface area contributed by atoms with E-state index in [1.807, 2.05) is 30.3 Å². The van der Waals surface area contributed by atoms with Gasteiger partial charge in [0.1, 0.15) is 18.3 Å². The Kier molecular flexibility index (Phi) is 2.65. The molecule has 0 amide bonds. The number of hydrogen-bond donors (Lipinski definition) is 1. The van der Waals surface area contributed by atoms with E-state index in [2.05, 4.69) is 0 Å². The van der Waals surface area contributed by atoms with Crippen LogP contribution < -0.4 is 0 Å². The fourth-order valence-electron chi connectivity index (χ4n) is 1.97. The third-order valence-corrected chi connectivity index (χ3v) is 2.95. The standard InChI is InChI=1S/C12H14O4/c13-12-11-10(16-11)9(7-15-12)14-6-8-4-2-1-3-5-8/h1-5,9-13H,6-7H2/t9-,10+,11+,12+/m1/s1. The van der Waals surface area contributed by atoms with Gasteiger partial charge in [-0.05, 0) is 5.56 Å². The number of ether oxygens (including phenoxy) is 3. The van der Waals surface area contributed by atoms with Crippen molar-refractivity contribution in [1.82, 2.24) is 0 Å². The largest absolute Gasteiger partial charge is 0.368 e. The maximum Gasteiger partial charge on any atom is 0.183 e. The summed E-state index contributed by atoms with van der Waals surface area (Å²) in [5.74, 6) is 0. The van der Waals surface area contributed by atoms with E-state index < -0.39 is 6.29 Å². The monoisotopic (exact) mass is 222 g/mol. The van der Waals surface area contributed by atoms with Crippen LogP contribution in [-0.2, 0) is 20.8 Å². The topological polar surface area (TPSA) is 51.2 Å². The lowest BCUT2D eigenvalue weighted by Gasteiger charge is -2.22. The zero-order valence-electron chi connectivity index (χ0n) is 8.78. The first kappa shape index (κ1) is 10.2. The highest BCUT2D eigenvalue weighted by molar-refractivity contribution is 5.13. The van der Waals surface area contributed by atoms with Gasteiger partial charge < -0.3 is 19.3 Å². The molecule has 1 aromatic carbocycles. The third-order valence-electron chi connectivity index (χ3n) is 2.95. The lowest BCUT2D eigenvalue weighted by molar-refractivity contribution is -0.154. The van der Waals surface area contributed by atoms with Crippen molar-refractivity contribution < 1.29 is 19.3 Å². The second-order valence-corrected chi connectivity index (χ2v) is 4.12. The molecule has 16 heavy (non-hydrogen) atoms. The number of aliphatic hydroxyl groups is 1. The number of fused-ring (bicyclic) bond motifs is 1. The lowest BCUT2D eigenvalue weighted by atomic mass is 10.1. The van der Waals surface area contributed by atoms with E-state index in [-0.39, 0.29) is 18.3 Å². The highest BCUT2D eigenvalue weighted by atomic mass is 16.7. The normalized spacial score (nSPS) is 36.8. The van der Waals surface area contributed by atoms with Gasteiger partial charge in [-0.1, -0.05) is 30.3 Å². The van der Waals surface area contributed by atoms with Crippen molar-refractivity contribution in [1.29, 1.82) is 0 Å². The van der Waals surface area contributed by atoms with Crippen LogP contribution in [0.25, 0.3) is 0 Å². The highest BCUT2D eigenvalue weighted by Crippen LogP contribution is 2.35. The minimum absolute atomic E-state index is 0.00691. The molecule has 3 rings (SSSR count). The molecule has 2 heterocycles. The van der Waals surface area contributed by atoms with E-state index in [4.69, 9.17) is 14.2 Å². The lowest BCUT2D eigenvalue weighted by Crippen LogP contribution is -2.38. The molecule has 2 saturated heterocycles. The van der Waals surface area contributed by atoms with Crippen LogP contribution in [0.3, 0.4) is 0 Å². The summed E-state index contributed by atoms with van der Waals surface area (Å²) in [6.45, 7) is 0.951. The summed E-state index contributed by atoms with van der Waals surface area (Å²) in [6.07, 6.45) is -1.02. The quantitative estimate of drug-likeness (QED) is 0.764. The van der Waals surface area contributed by atoms with Crippen molar-refractivity contribution in [2.45, 2.75) is 31.2 Å². The first-order valence-electron chi connectivity index (χ1n) is 5.45. The number of hydrogen-bond acceptors (Lipinski definition) is 4. The van der Waals surface area contributed by atoms with Gasteiger partial charge in [-0.15, -0.1) is 0 Å². The van der Waals surface area contributed by atoms with Crippen LogP contribution in [0, 0.1) is 0 Å². The van der Waals surface area contributed by atoms with Crippen molar-refractivity contribution >= 4 is 0 Å². The minimum atomic E-state index is -0.776. The van der Waals surface area contributed by atoms with E-state index in [1.54, 1.807) is 0 Å². The molecule has 0 bridgehead atoms. The SMILES string of the molecule is O[C@H]1OC[C@@H](OCc2ccccc2)[C@@H]2O[C@@H]21. The molecule has 0 aromatic heterocycles. The molecule has 4 heteroatoms. The fourth-order valence-corrected chi connectivity index (χ4v) is 1.97. The molecule has 0 radical (unpaired) electrons. The molecule has 0 saturated carbocycles. The van der Waals surface area contributed by atoms with Gasteiger partial charge in [0.25, 0.3) is 0 Å². The summed E-state index contributed by atoms with van der Waals surface area (Å²) in [4.78, 5) is 0. The Labute approximate surface area is 93.7 Å². The van der Waals surface area contributed by atoms with Crippen LogP contribution in [-0.4, -0.2) is 36.3 Å². The molecule has 0 aliphatic carbocycles. The van der Waals surface area contributed by atoms with Crippen LogP contribution in [0.15, 0.2) is 30.3 Å². The van der Waals surface area contributed by atoms with Gasteiger partial charge in [-0.3, -0.25) is 0 Å². The summed E-state index contributed by atoms with van der Waals surface area (Å²) >= 11 is 0. The zero-order chi connectivity index (χ0) is 11.0. The average Bonchev–Trinajstić information content (AvgIpc) is 3.11. The molecule has 0 unspecified atom stereocenters. The Morgan fingerprint density at radius 2 is 2.06 bits per heavy atom. The van der Waals surface area contributed by atoms with Crippen LogP contribution >= 0.6 is 0 Å². The molecule has 86 valence electrons. The first-order chi connectivity index (χ1) is 7.84. The van der Waals surface area contributed by atoms with Gasteiger partial charge in [0, 0.05) is 0 Å². The molecule has 2 aliphatic heterocycles. The maximum atomic E-state index is 9.32. The van der Waals surface area contributed by atoms with Crippen LogP contribution in [0.4, 0.5) is 0 Å². The first-order valence-corrected chi connectivity index (χ1v) is 5.45. The van der Waals surface area contributed by atoms with Crippen LogP contribution in [0.1, 0.15) is 5.56 Å². The number of epoxide rings is 1. The van der Waals surface area contributed by atoms with Crippen molar-refractivity contribution in [2.24, 2.45) is 0 Å². The van der Waals surface area contributed by atoms with Gasteiger partial charge in [-0.25, -0.2) is 0 Å². The molecule has 0 spiro atoms. The molecule has 4 nitrogen and oxygen atoms in total. The van der Waals surface area contributed by atoms with E-state index in [9.17, 15) is 5.11 Å². The molecule has 4 atom stereocenters.